The molecule has 4 atom stereocenters. The molecule has 1 aliphatic heterocycles. The lowest BCUT2D eigenvalue weighted by molar-refractivity contribution is -0.167. The van der Waals surface area contributed by atoms with E-state index >= 15 is 0 Å². The third-order valence-electron chi connectivity index (χ3n) is 5.59. The first-order valence-corrected chi connectivity index (χ1v) is 8.46. The summed E-state index contributed by atoms with van der Waals surface area (Å²) in [7, 11) is 1.97. The maximum Gasteiger partial charge on any atom is 0.307 e. The summed E-state index contributed by atoms with van der Waals surface area (Å²) in [6, 6.07) is 0. The van der Waals surface area contributed by atoms with E-state index in [9.17, 15) is 24.3 Å². The second kappa shape index (κ2) is 8.48. The molecule has 9 heteroatoms. The quantitative estimate of drug-likeness (QED) is 0.529. The highest BCUT2D eigenvalue weighted by atomic mass is 16.5. The zero-order chi connectivity index (χ0) is 20.2. The molecule has 0 radical (unpaired) electrons. The average molecular weight is 373 g/mol. The summed E-state index contributed by atoms with van der Waals surface area (Å²) in [4.78, 5) is 47.8. The maximum atomic E-state index is 12.2. The Morgan fingerprint density at radius 1 is 1.08 bits per heavy atom. The van der Waals surface area contributed by atoms with Crippen LogP contribution in [0.4, 0.5) is 0 Å². The summed E-state index contributed by atoms with van der Waals surface area (Å²) in [5.74, 6) is -8.75. The fourth-order valence-corrected chi connectivity index (χ4v) is 3.21. The zero-order valence-electron chi connectivity index (χ0n) is 15.5. The van der Waals surface area contributed by atoms with Gasteiger partial charge in [0, 0.05) is 18.0 Å². The van der Waals surface area contributed by atoms with Crippen molar-refractivity contribution in [2.45, 2.75) is 51.7 Å². The number of rotatable bonds is 8. The summed E-state index contributed by atoms with van der Waals surface area (Å²) in [6.07, 6.45) is -1.39. The number of carboxylic acid groups (broad SMARTS) is 3. The van der Waals surface area contributed by atoms with Crippen LogP contribution in [0, 0.1) is 17.8 Å². The van der Waals surface area contributed by atoms with Gasteiger partial charge in [0.1, 0.15) is 6.10 Å². The number of likely N-dealkylation sites (tertiary alicyclic amines) is 1. The molecule has 148 valence electrons. The normalized spacial score (nSPS) is 25.1. The van der Waals surface area contributed by atoms with Crippen molar-refractivity contribution in [1.29, 1.82) is 0 Å². The highest BCUT2D eigenvalue weighted by molar-refractivity contribution is 5.86. The van der Waals surface area contributed by atoms with E-state index in [1.165, 1.54) is 0 Å². The summed E-state index contributed by atoms with van der Waals surface area (Å²) in [5.41, 5.74) is -0.220. The molecule has 1 rings (SSSR count). The molecule has 4 unspecified atom stereocenters. The van der Waals surface area contributed by atoms with Gasteiger partial charge in [-0.2, -0.15) is 0 Å². The van der Waals surface area contributed by atoms with E-state index < -0.39 is 54.7 Å². The zero-order valence-corrected chi connectivity index (χ0v) is 15.5. The molecule has 1 heterocycles. The Morgan fingerprint density at radius 2 is 1.58 bits per heavy atom. The van der Waals surface area contributed by atoms with E-state index in [0.717, 1.165) is 0 Å². The summed E-state index contributed by atoms with van der Waals surface area (Å²) in [6.45, 7) is 6.68. The molecule has 1 saturated heterocycles. The Kier molecular flexibility index (Phi) is 7.14. The fourth-order valence-electron chi connectivity index (χ4n) is 3.21. The average Bonchev–Trinajstić information content (AvgIpc) is 2.51. The van der Waals surface area contributed by atoms with Gasteiger partial charge in [0.15, 0.2) is 0 Å². The number of nitrogens with zero attached hydrogens (tertiary/aromatic N) is 1. The molecule has 0 spiro atoms. The Bertz CT molecular complexity index is 573. The van der Waals surface area contributed by atoms with E-state index in [1.807, 2.05) is 27.8 Å². The smallest absolute Gasteiger partial charge is 0.307 e. The minimum Gasteiger partial charge on any atom is -0.481 e. The molecule has 1 fully saturated rings. The van der Waals surface area contributed by atoms with Crippen LogP contribution < -0.4 is 0 Å². The van der Waals surface area contributed by atoms with Crippen molar-refractivity contribution in [2.75, 3.05) is 13.6 Å². The van der Waals surface area contributed by atoms with Crippen LogP contribution in [-0.2, 0) is 23.9 Å². The monoisotopic (exact) mass is 373 g/mol. The Labute approximate surface area is 151 Å². The number of ether oxygens (including phenoxy) is 1. The Hall–Kier alpha value is -2.16. The van der Waals surface area contributed by atoms with Crippen molar-refractivity contribution in [1.82, 2.24) is 4.90 Å². The van der Waals surface area contributed by atoms with Crippen LogP contribution in [0.15, 0.2) is 0 Å². The molecule has 26 heavy (non-hydrogen) atoms. The van der Waals surface area contributed by atoms with E-state index in [4.69, 9.17) is 14.9 Å². The first kappa shape index (κ1) is 21.9. The van der Waals surface area contributed by atoms with Gasteiger partial charge >= 0.3 is 23.9 Å². The second-order valence-electron chi connectivity index (χ2n) is 7.37. The Balaban J connectivity index is 2.83. The van der Waals surface area contributed by atoms with Crippen LogP contribution in [0.5, 0.6) is 0 Å². The van der Waals surface area contributed by atoms with Gasteiger partial charge in [-0.15, -0.1) is 0 Å². The highest BCUT2D eigenvalue weighted by Crippen LogP contribution is 2.34. The number of hydrogen-bond donors (Lipinski definition) is 3. The SMILES string of the molecule is CC1C(OC(=O)CC(C(=O)O)C(CC(=O)O)C(=O)O)CCN(C)C1(C)C. The lowest BCUT2D eigenvalue weighted by Gasteiger charge is -2.48. The predicted octanol–water partition coefficient (Wildman–Crippen LogP) is 0.915. The second-order valence-corrected chi connectivity index (χ2v) is 7.37. The van der Waals surface area contributed by atoms with E-state index in [-0.39, 0.29) is 11.5 Å². The van der Waals surface area contributed by atoms with E-state index in [2.05, 4.69) is 4.90 Å². The fraction of sp³-hybridized carbons (Fsp3) is 0.765. The first-order chi connectivity index (χ1) is 11.9. The van der Waals surface area contributed by atoms with Gasteiger partial charge in [-0.3, -0.25) is 19.2 Å². The number of hydrogen-bond acceptors (Lipinski definition) is 6. The number of carbonyl (C=O) groups is 4. The number of carboxylic acids is 3. The van der Waals surface area contributed by atoms with Gasteiger partial charge < -0.3 is 25.0 Å². The van der Waals surface area contributed by atoms with Gasteiger partial charge in [-0.05, 0) is 27.3 Å². The maximum absolute atomic E-state index is 12.2. The standard InChI is InChI=1S/C17H27NO8/c1-9-12(5-6-18(4)17(9,2)3)26-14(21)8-11(16(24)25)10(15(22)23)7-13(19)20/h9-12H,5-8H2,1-4H3,(H,19,20)(H,22,23)(H,24,25). The molecule has 3 N–H and O–H groups in total. The van der Waals surface area contributed by atoms with Gasteiger partial charge in [0.05, 0.1) is 24.7 Å². The van der Waals surface area contributed by atoms with Crippen molar-refractivity contribution in [3.8, 4) is 0 Å². The van der Waals surface area contributed by atoms with Crippen molar-refractivity contribution in [3.63, 3.8) is 0 Å². The van der Waals surface area contributed by atoms with Crippen molar-refractivity contribution >= 4 is 23.9 Å². The van der Waals surface area contributed by atoms with Crippen molar-refractivity contribution in [2.24, 2.45) is 17.8 Å². The number of esters is 1. The van der Waals surface area contributed by atoms with Gasteiger partial charge in [-0.25, -0.2) is 0 Å². The van der Waals surface area contributed by atoms with Crippen LogP contribution >= 0.6 is 0 Å². The third-order valence-corrected chi connectivity index (χ3v) is 5.59. The minimum atomic E-state index is -1.70. The molecule has 0 saturated carbocycles. The molecule has 0 bridgehead atoms. The molecule has 0 aliphatic carbocycles. The molecule has 0 aromatic heterocycles. The van der Waals surface area contributed by atoms with Gasteiger partial charge in [0.25, 0.3) is 0 Å². The molecule has 0 aromatic carbocycles. The lowest BCUT2D eigenvalue weighted by atomic mass is 9.78. The van der Waals surface area contributed by atoms with Crippen LogP contribution in [0.1, 0.15) is 40.0 Å². The van der Waals surface area contributed by atoms with Gasteiger partial charge in [-0.1, -0.05) is 6.92 Å². The third kappa shape index (κ3) is 5.17. The largest absolute Gasteiger partial charge is 0.481 e. The molecule has 0 amide bonds. The number of piperidine rings is 1. The summed E-state index contributed by atoms with van der Waals surface area (Å²) >= 11 is 0. The predicted molar refractivity (Wildman–Crippen MR) is 89.5 cm³/mol. The number of aliphatic carboxylic acids is 3. The van der Waals surface area contributed by atoms with Crippen LogP contribution in [0.25, 0.3) is 0 Å². The summed E-state index contributed by atoms with van der Waals surface area (Å²) in [5, 5.41) is 27.2. The van der Waals surface area contributed by atoms with E-state index in [0.29, 0.717) is 13.0 Å². The van der Waals surface area contributed by atoms with Gasteiger partial charge in [0.2, 0.25) is 0 Å². The van der Waals surface area contributed by atoms with E-state index in [1.54, 1.807) is 0 Å². The van der Waals surface area contributed by atoms with Crippen molar-refractivity contribution < 1.29 is 39.2 Å². The lowest BCUT2D eigenvalue weighted by Crippen LogP contribution is -2.56. The van der Waals surface area contributed by atoms with Crippen LogP contribution in [0.2, 0.25) is 0 Å². The molecular formula is C17H27NO8. The van der Waals surface area contributed by atoms with Crippen molar-refractivity contribution in [3.05, 3.63) is 0 Å². The van der Waals surface area contributed by atoms with Crippen LogP contribution in [-0.4, -0.2) is 69.3 Å². The van der Waals surface area contributed by atoms with Crippen LogP contribution in [0.3, 0.4) is 0 Å². The highest BCUT2D eigenvalue weighted by Gasteiger charge is 2.42. The first-order valence-electron chi connectivity index (χ1n) is 8.46. The minimum absolute atomic E-state index is 0.0113. The number of carbonyl (C=O) groups excluding carboxylic acids is 1. The topological polar surface area (TPSA) is 141 Å². The summed E-state index contributed by atoms with van der Waals surface area (Å²) < 4.78 is 5.43. The molecule has 1 aliphatic rings. The molecule has 0 aromatic rings. The Morgan fingerprint density at radius 3 is 2.04 bits per heavy atom. The molecular weight excluding hydrogens is 346 g/mol. The molecule has 9 nitrogen and oxygen atoms in total.